The van der Waals surface area contributed by atoms with Crippen LogP contribution in [0.1, 0.15) is 34.6 Å². The van der Waals surface area contributed by atoms with Gasteiger partial charge in [-0.2, -0.15) is 0 Å². The first-order valence-corrected chi connectivity index (χ1v) is 6.72. The zero-order valence-corrected chi connectivity index (χ0v) is 12.5. The van der Waals surface area contributed by atoms with Crippen LogP contribution >= 0.6 is 11.6 Å². The Morgan fingerprint density at radius 2 is 1.56 bits per heavy atom. The van der Waals surface area contributed by atoms with E-state index in [9.17, 15) is 0 Å². The number of hydrogen-bond acceptors (Lipinski definition) is 3. The lowest BCUT2D eigenvalue weighted by molar-refractivity contribution is 0.199. The molecule has 1 N–H and O–H groups in total. The topological polar surface area (TPSA) is 30.5 Å². The van der Waals surface area contributed by atoms with Gasteiger partial charge in [0.1, 0.15) is 0 Å². The van der Waals surface area contributed by atoms with E-state index in [1.54, 1.807) is 6.07 Å². The molecule has 0 bridgehead atoms. The molecule has 0 heterocycles. The van der Waals surface area contributed by atoms with E-state index in [2.05, 4.69) is 5.32 Å². The molecule has 3 nitrogen and oxygen atoms in total. The highest BCUT2D eigenvalue weighted by atomic mass is 35.5. The lowest BCUT2D eigenvalue weighted by Crippen LogP contribution is -2.11. The summed E-state index contributed by atoms with van der Waals surface area (Å²) in [6.45, 7) is 10.8. The second kappa shape index (κ2) is 6.74. The van der Waals surface area contributed by atoms with Crippen molar-refractivity contribution in [1.82, 2.24) is 0 Å². The molecule has 0 aliphatic carbocycles. The number of hydrogen-bond donors (Lipinski definition) is 1. The maximum absolute atomic E-state index is 6.20. The monoisotopic (exact) mass is 271 g/mol. The Kier molecular flexibility index (Phi) is 5.60. The minimum Gasteiger partial charge on any atom is -0.487 e. The average molecular weight is 272 g/mol. The summed E-state index contributed by atoms with van der Waals surface area (Å²) in [5, 5.41) is 3.84. The Bertz CT molecular complexity index is 392. The first kappa shape index (κ1) is 15.0. The molecule has 0 aliphatic rings. The lowest BCUT2D eigenvalue weighted by atomic mass is 10.2. The molecule has 0 amide bonds. The fourth-order valence-corrected chi connectivity index (χ4v) is 1.77. The van der Waals surface area contributed by atoms with Gasteiger partial charge < -0.3 is 14.8 Å². The summed E-state index contributed by atoms with van der Waals surface area (Å²) < 4.78 is 11.5. The smallest absolute Gasteiger partial charge is 0.163 e. The molecule has 0 fully saturated rings. The van der Waals surface area contributed by atoms with E-state index in [-0.39, 0.29) is 12.2 Å². The SMILES string of the molecule is CCNc1cc(OC(C)C)c(OC(C)C)cc1Cl. The summed E-state index contributed by atoms with van der Waals surface area (Å²) in [5.41, 5.74) is 0.867. The van der Waals surface area contributed by atoms with E-state index < -0.39 is 0 Å². The quantitative estimate of drug-likeness (QED) is 0.835. The van der Waals surface area contributed by atoms with Gasteiger partial charge in [-0.3, -0.25) is 0 Å². The van der Waals surface area contributed by atoms with Gasteiger partial charge in [-0.15, -0.1) is 0 Å². The average Bonchev–Trinajstić information content (AvgIpc) is 2.23. The minimum atomic E-state index is 0.0839. The molecule has 0 radical (unpaired) electrons. The van der Waals surface area contributed by atoms with Gasteiger partial charge in [-0.05, 0) is 34.6 Å². The van der Waals surface area contributed by atoms with Crippen LogP contribution in [0.2, 0.25) is 5.02 Å². The van der Waals surface area contributed by atoms with Gasteiger partial charge in [-0.1, -0.05) is 11.6 Å². The number of nitrogens with one attached hydrogen (secondary N) is 1. The molecule has 0 aromatic heterocycles. The Hall–Kier alpha value is -1.09. The largest absolute Gasteiger partial charge is 0.487 e. The fraction of sp³-hybridized carbons (Fsp3) is 0.571. The Labute approximate surface area is 114 Å². The maximum Gasteiger partial charge on any atom is 0.163 e. The molecule has 0 atom stereocenters. The van der Waals surface area contributed by atoms with Crippen molar-refractivity contribution < 1.29 is 9.47 Å². The van der Waals surface area contributed by atoms with Gasteiger partial charge in [0.05, 0.1) is 22.9 Å². The van der Waals surface area contributed by atoms with Crippen LogP contribution in [0, 0.1) is 0 Å². The summed E-state index contributed by atoms with van der Waals surface area (Å²) in [7, 11) is 0. The summed E-state index contributed by atoms with van der Waals surface area (Å²) in [4.78, 5) is 0. The number of rotatable bonds is 6. The number of halogens is 1. The molecule has 0 unspecified atom stereocenters. The molecule has 1 rings (SSSR count). The van der Waals surface area contributed by atoms with Gasteiger partial charge in [0.2, 0.25) is 0 Å². The molecule has 18 heavy (non-hydrogen) atoms. The predicted octanol–water partition coefficient (Wildman–Crippen LogP) is 4.35. The van der Waals surface area contributed by atoms with E-state index >= 15 is 0 Å². The standard InChI is InChI=1S/C14H22ClNO2/c1-6-16-12-8-14(18-10(4)5)13(7-11(12)15)17-9(2)3/h7-10,16H,6H2,1-5H3. The summed E-state index contributed by atoms with van der Waals surface area (Å²) >= 11 is 6.20. The zero-order chi connectivity index (χ0) is 13.7. The van der Waals surface area contributed by atoms with Crippen LogP contribution in [0.3, 0.4) is 0 Å². The van der Waals surface area contributed by atoms with Crippen molar-refractivity contribution in [3.63, 3.8) is 0 Å². The van der Waals surface area contributed by atoms with Crippen molar-refractivity contribution in [2.24, 2.45) is 0 Å². The normalized spacial score (nSPS) is 10.9. The predicted molar refractivity (Wildman–Crippen MR) is 77.1 cm³/mol. The van der Waals surface area contributed by atoms with Crippen LogP contribution in [0.25, 0.3) is 0 Å². The van der Waals surface area contributed by atoms with E-state index in [1.165, 1.54) is 0 Å². The van der Waals surface area contributed by atoms with Gasteiger partial charge in [0.25, 0.3) is 0 Å². The fourth-order valence-electron chi connectivity index (χ4n) is 1.55. The molecule has 1 aromatic carbocycles. The van der Waals surface area contributed by atoms with Crippen LogP contribution < -0.4 is 14.8 Å². The summed E-state index contributed by atoms with van der Waals surface area (Å²) in [5.74, 6) is 1.41. The third-order valence-electron chi connectivity index (χ3n) is 2.13. The van der Waals surface area contributed by atoms with Crippen molar-refractivity contribution in [2.75, 3.05) is 11.9 Å². The number of ether oxygens (including phenoxy) is 2. The van der Waals surface area contributed by atoms with Crippen molar-refractivity contribution in [2.45, 2.75) is 46.8 Å². The molecule has 0 saturated heterocycles. The van der Waals surface area contributed by atoms with Gasteiger partial charge in [0.15, 0.2) is 11.5 Å². The summed E-state index contributed by atoms with van der Waals surface area (Å²) in [6, 6.07) is 3.70. The first-order valence-electron chi connectivity index (χ1n) is 6.34. The van der Waals surface area contributed by atoms with Gasteiger partial charge in [-0.25, -0.2) is 0 Å². The van der Waals surface area contributed by atoms with Crippen LogP contribution in [0.4, 0.5) is 5.69 Å². The number of benzene rings is 1. The molecule has 4 heteroatoms. The zero-order valence-electron chi connectivity index (χ0n) is 11.7. The lowest BCUT2D eigenvalue weighted by Gasteiger charge is -2.19. The molecule has 0 spiro atoms. The van der Waals surface area contributed by atoms with Crippen molar-refractivity contribution >= 4 is 17.3 Å². The van der Waals surface area contributed by atoms with Gasteiger partial charge >= 0.3 is 0 Å². The maximum atomic E-state index is 6.20. The second-order valence-corrected chi connectivity index (χ2v) is 5.05. The van der Waals surface area contributed by atoms with E-state index in [0.717, 1.165) is 18.0 Å². The molecule has 0 aliphatic heterocycles. The van der Waals surface area contributed by atoms with Crippen LogP contribution in [0.15, 0.2) is 12.1 Å². The first-order chi connectivity index (χ1) is 8.43. The highest BCUT2D eigenvalue weighted by molar-refractivity contribution is 6.33. The third-order valence-corrected chi connectivity index (χ3v) is 2.44. The molecular formula is C14H22ClNO2. The van der Waals surface area contributed by atoms with Crippen LogP contribution in [0.5, 0.6) is 11.5 Å². The van der Waals surface area contributed by atoms with E-state index in [0.29, 0.717) is 10.8 Å². The van der Waals surface area contributed by atoms with Crippen molar-refractivity contribution in [3.05, 3.63) is 17.2 Å². The number of anilines is 1. The third kappa shape index (κ3) is 4.30. The van der Waals surface area contributed by atoms with Crippen LogP contribution in [-0.2, 0) is 0 Å². The highest BCUT2D eigenvalue weighted by Gasteiger charge is 2.13. The van der Waals surface area contributed by atoms with E-state index in [1.807, 2.05) is 40.7 Å². The molecule has 102 valence electrons. The Balaban J connectivity index is 3.10. The Morgan fingerprint density at radius 3 is 2.00 bits per heavy atom. The van der Waals surface area contributed by atoms with Crippen molar-refractivity contribution in [3.8, 4) is 11.5 Å². The van der Waals surface area contributed by atoms with E-state index in [4.69, 9.17) is 21.1 Å². The Morgan fingerprint density at radius 1 is 1.06 bits per heavy atom. The molecule has 0 saturated carbocycles. The molecular weight excluding hydrogens is 250 g/mol. The van der Waals surface area contributed by atoms with Crippen LogP contribution in [-0.4, -0.2) is 18.8 Å². The highest BCUT2D eigenvalue weighted by Crippen LogP contribution is 2.37. The van der Waals surface area contributed by atoms with Crippen molar-refractivity contribution in [1.29, 1.82) is 0 Å². The van der Waals surface area contributed by atoms with Gasteiger partial charge in [0, 0.05) is 18.7 Å². The molecule has 1 aromatic rings. The summed E-state index contributed by atoms with van der Waals surface area (Å²) in [6.07, 6.45) is 0.177. The minimum absolute atomic E-state index is 0.0839. The second-order valence-electron chi connectivity index (χ2n) is 4.64.